The van der Waals surface area contributed by atoms with E-state index in [-0.39, 0.29) is 0 Å². The largest absolute Gasteiger partial charge is 0.383 e. The third-order valence-electron chi connectivity index (χ3n) is 2.82. The van der Waals surface area contributed by atoms with Crippen molar-refractivity contribution in [2.24, 2.45) is 7.05 Å². The molecule has 0 unspecified atom stereocenters. The van der Waals surface area contributed by atoms with Gasteiger partial charge in [-0.05, 0) is 18.2 Å². The number of nitrogens with one attached hydrogen (secondary N) is 1. The van der Waals surface area contributed by atoms with Crippen LogP contribution < -0.4 is 11.1 Å². The van der Waals surface area contributed by atoms with Crippen LogP contribution in [0.2, 0.25) is 0 Å². The molecule has 0 aromatic carbocycles. The van der Waals surface area contributed by atoms with Gasteiger partial charge < -0.3 is 11.1 Å². The summed E-state index contributed by atoms with van der Waals surface area (Å²) in [5.41, 5.74) is 7.43. The van der Waals surface area contributed by atoms with E-state index in [4.69, 9.17) is 5.73 Å². The molecule has 0 aliphatic rings. The highest BCUT2D eigenvalue weighted by Crippen LogP contribution is 2.23. The molecule has 7 heteroatoms. The molecule has 0 aliphatic heterocycles. The second kappa shape index (κ2) is 4.96. The van der Waals surface area contributed by atoms with Gasteiger partial charge in [0, 0.05) is 19.4 Å². The molecule has 20 heavy (non-hydrogen) atoms. The van der Waals surface area contributed by atoms with Crippen LogP contribution in [0.25, 0.3) is 11.3 Å². The normalized spacial score (nSPS) is 10.4. The molecule has 3 aromatic rings. The van der Waals surface area contributed by atoms with Crippen LogP contribution in [0, 0.1) is 0 Å². The van der Waals surface area contributed by atoms with Gasteiger partial charge in [0.2, 0.25) is 5.95 Å². The van der Waals surface area contributed by atoms with E-state index < -0.39 is 0 Å². The van der Waals surface area contributed by atoms with Crippen molar-refractivity contribution < 1.29 is 0 Å². The van der Waals surface area contributed by atoms with Crippen molar-refractivity contribution in [2.75, 3.05) is 11.1 Å². The second-order valence-corrected chi connectivity index (χ2v) is 4.17. The number of nitrogens with two attached hydrogens (primary N) is 1. The fourth-order valence-electron chi connectivity index (χ4n) is 1.76. The molecule has 3 heterocycles. The van der Waals surface area contributed by atoms with E-state index >= 15 is 0 Å². The fraction of sp³-hybridized carbons (Fsp3) is 0.0769. The van der Waals surface area contributed by atoms with Crippen molar-refractivity contribution in [1.29, 1.82) is 0 Å². The number of nitrogens with zero attached hydrogens (tertiary/aromatic N) is 5. The summed E-state index contributed by atoms with van der Waals surface area (Å²) in [5, 5.41) is 7.14. The quantitative estimate of drug-likeness (QED) is 0.748. The summed E-state index contributed by atoms with van der Waals surface area (Å²) < 4.78 is 1.60. The highest BCUT2D eigenvalue weighted by atomic mass is 15.3. The molecular formula is C13H13N7. The topological polar surface area (TPSA) is 94.5 Å². The minimum absolute atomic E-state index is 0.462. The number of rotatable bonds is 3. The standard InChI is InChI=1S/C13H13N7/c1-20-12(14)9(8-17-20)10-5-7-16-13(18-10)19-11-4-2-3-6-15-11/h2-8H,14H2,1H3,(H,15,16,18,19). The zero-order valence-corrected chi connectivity index (χ0v) is 10.9. The van der Waals surface area contributed by atoms with Crippen molar-refractivity contribution in [3.05, 3.63) is 42.9 Å². The van der Waals surface area contributed by atoms with Crippen LogP contribution in [0.1, 0.15) is 0 Å². The number of hydrogen-bond donors (Lipinski definition) is 2. The van der Waals surface area contributed by atoms with Gasteiger partial charge in [-0.15, -0.1) is 0 Å². The monoisotopic (exact) mass is 267 g/mol. The van der Waals surface area contributed by atoms with Crippen molar-refractivity contribution in [3.63, 3.8) is 0 Å². The molecule has 0 aliphatic carbocycles. The van der Waals surface area contributed by atoms with Crippen LogP contribution in [-0.4, -0.2) is 24.7 Å². The van der Waals surface area contributed by atoms with E-state index in [0.717, 1.165) is 5.56 Å². The van der Waals surface area contributed by atoms with Gasteiger partial charge in [-0.1, -0.05) is 6.07 Å². The van der Waals surface area contributed by atoms with Crippen LogP contribution in [0.15, 0.2) is 42.9 Å². The van der Waals surface area contributed by atoms with E-state index in [0.29, 0.717) is 23.3 Å². The maximum Gasteiger partial charge on any atom is 0.228 e. The second-order valence-electron chi connectivity index (χ2n) is 4.17. The van der Waals surface area contributed by atoms with Gasteiger partial charge in [-0.3, -0.25) is 4.68 Å². The maximum atomic E-state index is 5.94. The van der Waals surface area contributed by atoms with Gasteiger partial charge in [-0.25, -0.2) is 15.0 Å². The number of pyridine rings is 1. The highest BCUT2D eigenvalue weighted by molar-refractivity contribution is 5.71. The smallest absolute Gasteiger partial charge is 0.228 e. The van der Waals surface area contributed by atoms with Crippen molar-refractivity contribution in [2.45, 2.75) is 0 Å². The van der Waals surface area contributed by atoms with Crippen LogP contribution in [0.5, 0.6) is 0 Å². The highest BCUT2D eigenvalue weighted by Gasteiger charge is 2.09. The molecule has 0 atom stereocenters. The summed E-state index contributed by atoms with van der Waals surface area (Å²) in [6.45, 7) is 0. The van der Waals surface area contributed by atoms with Crippen molar-refractivity contribution in [1.82, 2.24) is 24.7 Å². The van der Waals surface area contributed by atoms with Gasteiger partial charge in [0.15, 0.2) is 0 Å². The summed E-state index contributed by atoms with van der Waals surface area (Å²) in [6, 6.07) is 7.36. The molecular weight excluding hydrogens is 254 g/mol. The van der Waals surface area contributed by atoms with Crippen LogP contribution in [0.3, 0.4) is 0 Å². The molecule has 3 rings (SSSR count). The first-order valence-electron chi connectivity index (χ1n) is 6.03. The average Bonchev–Trinajstić information content (AvgIpc) is 2.80. The number of aryl methyl sites for hydroxylation is 1. The number of aromatic nitrogens is 5. The zero-order chi connectivity index (χ0) is 13.9. The molecule has 0 amide bonds. The first-order chi connectivity index (χ1) is 9.74. The molecule has 7 nitrogen and oxygen atoms in total. The third kappa shape index (κ3) is 2.28. The molecule has 0 bridgehead atoms. The fourth-order valence-corrected chi connectivity index (χ4v) is 1.76. The summed E-state index contributed by atoms with van der Waals surface area (Å²) in [6.07, 6.45) is 5.05. The first kappa shape index (κ1) is 12.1. The number of anilines is 3. The molecule has 0 saturated heterocycles. The van der Waals surface area contributed by atoms with Crippen molar-refractivity contribution in [3.8, 4) is 11.3 Å². The Kier molecular flexibility index (Phi) is 3.00. The Morgan fingerprint density at radius 3 is 2.75 bits per heavy atom. The van der Waals surface area contributed by atoms with E-state index in [9.17, 15) is 0 Å². The minimum Gasteiger partial charge on any atom is -0.383 e. The molecule has 3 aromatic heterocycles. The van der Waals surface area contributed by atoms with Crippen LogP contribution in [0.4, 0.5) is 17.6 Å². The summed E-state index contributed by atoms with van der Waals surface area (Å²) >= 11 is 0. The maximum absolute atomic E-state index is 5.94. The number of nitrogen functional groups attached to an aromatic ring is 1. The van der Waals surface area contributed by atoms with Gasteiger partial charge in [0.25, 0.3) is 0 Å². The predicted molar refractivity (Wildman–Crippen MR) is 76.2 cm³/mol. The molecule has 0 saturated carbocycles. The number of hydrogen-bond acceptors (Lipinski definition) is 6. The van der Waals surface area contributed by atoms with Gasteiger partial charge in [-0.2, -0.15) is 5.10 Å². The summed E-state index contributed by atoms with van der Waals surface area (Å²) in [7, 11) is 1.78. The Hall–Kier alpha value is -2.96. The SMILES string of the molecule is Cn1ncc(-c2ccnc(Nc3ccccn3)n2)c1N. The first-order valence-corrected chi connectivity index (χ1v) is 6.03. The molecule has 0 radical (unpaired) electrons. The summed E-state index contributed by atoms with van der Waals surface area (Å²) in [5.74, 6) is 1.71. The zero-order valence-electron chi connectivity index (χ0n) is 10.9. The average molecular weight is 267 g/mol. The lowest BCUT2D eigenvalue weighted by Crippen LogP contribution is -2.01. The third-order valence-corrected chi connectivity index (χ3v) is 2.82. The summed E-state index contributed by atoms with van der Waals surface area (Å²) in [4.78, 5) is 12.7. The Labute approximate surface area is 115 Å². The van der Waals surface area contributed by atoms with Crippen LogP contribution in [-0.2, 0) is 7.05 Å². The van der Waals surface area contributed by atoms with Gasteiger partial charge in [0.1, 0.15) is 11.6 Å². The van der Waals surface area contributed by atoms with Crippen LogP contribution >= 0.6 is 0 Å². The van der Waals surface area contributed by atoms with E-state index in [1.54, 1.807) is 36.4 Å². The Balaban J connectivity index is 1.92. The lowest BCUT2D eigenvalue weighted by Gasteiger charge is -2.05. The molecule has 0 spiro atoms. The Bertz CT molecular complexity index is 721. The lowest BCUT2D eigenvalue weighted by atomic mass is 10.2. The lowest BCUT2D eigenvalue weighted by molar-refractivity contribution is 0.779. The minimum atomic E-state index is 0.462. The van der Waals surface area contributed by atoms with E-state index in [2.05, 4.69) is 25.4 Å². The molecule has 3 N–H and O–H groups in total. The molecule has 100 valence electrons. The van der Waals surface area contributed by atoms with Gasteiger partial charge >= 0.3 is 0 Å². The van der Waals surface area contributed by atoms with Gasteiger partial charge in [0.05, 0.1) is 17.5 Å². The van der Waals surface area contributed by atoms with E-state index in [1.807, 2.05) is 18.2 Å². The Morgan fingerprint density at radius 1 is 1.15 bits per heavy atom. The van der Waals surface area contributed by atoms with Crippen molar-refractivity contribution >= 4 is 17.6 Å². The predicted octanol–water partition coefficient (Wildman–Crippen LogP) is 1.60. The van der Waals surface area contributed by atoms with E-state index in [1.165, 1.54) is 0 Å². The Morgan fingerprint density at radius 2 is 2.05 bits per heavy atom. The molecule has 0 fully saturated rings.